The Morgan fingerprint density at radius 2 is 2.19 bits per heavy atom. The van der Waals surface area contributed by atoms with Crippen molar-refractivity contribution in [2.45, 2.75) is 25.9 Å². The number of halogens is 2. The van der Waals surface area contributed by atoms with Crippen LogP contribution < -0.4 is 10.1 Å². The molecule has 2 nitrogen and oxygen atoms in total. The van der Waals surface area contributed by atoms with Crippen LogP contribution in [-0.2, 0) is 13.0 Å². The molecule has 2 aromatic carbocycles. The number of hydrogen-bond donors (Lipinski definition) is 1. The number of nitrogens with one attached hydrogen (secondary N) is 1. The van der Waals surface area contributed by atoms with Crippen molar-refractivity contribution < 1.29 is 4.74 Å². The minimum Gasteiger partial charge on any atom is -0.493 e. The van der Waals surface area contributed by atoms with Gasteiger partial charge >= 0.3 is 0 Å². The van der Waals surface area contributed by atoms with Crippen molar-refractivity contribution in [3.05, 3.63) is 62.6 Å². The molecule has 1 aliphatic rings. The number of benzene rings is 2. The predicted octanol–water partition coefficient (Wildman–Crippen LogP) is 4.89. The van der Waals surface area contributed by atoms with Crippen molar-refractivity contribution in [3.8, 4) is 5.75 Å². The van der Waals surface area contributed by atoms with Gasteiger partial charge in [0.1, 0.15) is 5.75 Å². The van der Waals surface area contributed by atoms with Gasteiger partial charge in [-0.3, -0.25) is 0 Å². The second-order valence-electron chi connectivity index (χ2n) is 5.31. The van der Waals surface area contributed by atoms with Crippen LogP contribution in [0.15, 0.2) is 40.9 Å². The van der Waals surface area contributed by atoms with Crippen LogP contribution in [0.5, 0.6) is 5.75 Å². The summed E-state index contributed by atoms with van der Waals surface area (Å²) in [4.78, 5) is 0. The van der Waals surface area contributed by atoms with Gasteiger partial charge in [-0.2, -0.15) is 0 Å². The molecule has 0 radical (unpaired) electrons. The zero-order chi connectivity index (χ0) is 14.8. The SMILES string of the molecule is C[C@H](NCc1cc(Br)cc2c1OCC2)c1cccc(Cl)c1. The fourth-order valence-electron chi connectivity index (χ4n) is 2.63. The lowest BCUT2D eigenvalue weighted by Gasteiger charge is -2.16. The first-order valence-electron chi connectivity index (χ1n) is 7.06. The molecule has 0 amide bonds. The van der Waals surface area contributed by atoms with E-state index in [2.05, 4.69) is 46.4 Å². The minimum atomic E-state index is 0.236. The zero-order valence-electron chi connectivity index (χ0n) is 11.8. The molecule has 0 aromatic heterocycles. The normalized spacial score (nSPS) is 14.6. The third kappa shape index (κ3) is 3.42. The van der Waals surface area contributed by atoms with Gasteiger partial charge in [0.2, 0.25) is 0 Å². The summed E-state index contributed by atoms with van der Waals surface area (Å²) in [5, 5.41) is 4.31. The molecule has 0 bridgehead atoms. The van der Waals surface area contributed by atoms with E-state index in [0.29, 0.717) is 0 Å². The molecule has 1 heterocycles. The summed E-state index contributed by atoms with van der Waals surface area (Å²) in [6.45, 7) is 3.70. The Kier molecular flexibility index (Phi) is 4.53. The van der Waals surface area contributed by atoms with E-state index in [0.717, 1.165) is 34.8 Å². The lowest BCUT2D eigenvalue weighted by molar-refractivity contribution is 0.351. The maximum Gasteiger partial charge on any atom is 0.127 e. The molecule has 1 atom stereocenters. The van der Waals surface area contributed by atoms with Gasteiger partial charge in [-0.1, -0.05) is 39.7 Å². The van der Waals surface area contributed by atoms with Gasteiger partial charge in [0.25, 0.3) is 0 Å². The fraction of sp³-hybridized carbons (Fsp3) is 0.294. The van der Waals surface area contributed by atoms with Gasteiger partial charge in [-0.05, 0) is 42.3 Å². The minimum absolute atomic E-state index is 0.236. The summed E-state index contributed by atoms with van der Waals surface area (Å²) in [5.41, 5.74) is 3.68. The van der Waals surface area contributed by atoms with E-state index < -0.39 is 0 Å². The first kappa shape index (κ1) is 14.9. The molecule has 0 fully saturated rings. The molecule has 1 aliphatic heterocycles. The highest BCUT2D eigenvalue weighted by molar-refractivity contribution is 9.10. The summed E-state index contributed by atoms with van der Waals surface area (Å²) in [7, 11) is 0. The molecular formula is C17H17BrClNO. The summed E-state index contributed by atoms with van der Waals surface area (Å²) >= 11 is 9.63. The van der Waals surface area contributed by atoms with Gasteiger partial charge in [0, 0.05) is 34.1 Å². The van der Waals surface area contributed by atoms with E-state index in [9.17, 15) is 0 Å². The van der Waals surface area contributed by atoms with Crippen molar-refractivity contribution >= 4 is 27.5 Å². The third-order valence-electron chi connectivity index (χ3n) is 3.77. The standard InChI is InChI=1S/C17H17BrClNO/c1-11(12-3-2-4-16(19)9-12)20-10-14-8-15(18)7-13-5-6-21-17(13)14/h2-4,7-9,11,20H,5-6,10H2,1H3/t11-/m0/s1. The molecular weight excluding hydrogens is 350 g/mol. The highest BCUT2D eigenvalue weighted by Gasteiger charge is 2.17. The summed E-state index contributed by atoms with van der Waals surface area (Å²) < 4.78 is 6.87. The molecule has 1 N–H and O–H groups in total. The quantitative estimate of drug-likeness (QED) is 0.832. The Bertz CT molecular complexity index is 659. The summed E-state index contributed by atoms with van der Waals surface area (Å²) in [6, 6.07) is 12.5. The van der Waals surface area contributed by atoms with Crippen LogP contribution >= 0.6 is 27.5 Å². The monoisotopic (exact) mass is 365 g/mol. The van der Waals surface area contributed by atoms with Crippen LogP contribution in [0.25, 0.3) is 0 Å². The fourth-order valence-corrected chi connectivity index (χ4v) is 3.39. The van der Waals surface area contributed by atoms with E-state index in [1.165, 1.54) is 16.7 Å². The van der Waals surface area contributed by atoms with Gasteiger partial charge < -0.3 is 10.1 Å². The predicted molar refractivity (Wildman–Crippen MR) is 90.0 cm³/mol. The number of rotatable bonds is 4. The average molecular weight is 367 g/mol. The molecule has 0 spiro atoms. The van der Waals surface area contributed by atoms with Gasteiger partial charge in [-0.15, -0.1) is 0 Å². The first-order valence-corrected chi connectivity index (χ1v) is 8.23. The Morgan fingerprint density at radius 1 is 1.33 bits per heavy atom. The van der Waals surface area contributed by atoms with Crippen molar-refractivity contribution in [1.82, 2.24) is 5.32 Å². The summed E-state index contributed by atoms with van der Waals surface area (Å²) in [5.74, 6) is 1.05. The number of ether oxygens (including phenoxy) is 1. The first-order chi connectivity index (χ1) is 10.1. The van der Waals surface area contributed by atoms with Crippen molar-refractivity contribution in [1.29, 1.82) is 0 Å². The Labute approximate surface area is 138 Å². The van der Waals surface area contributed by atoms with Crippen molar-refractivity contribution in [2.75, 3.05) is 6.61 Å². The largest absolute Gasteiger partial charge is 0.493 e. The van der Waals surface area contributed by atoms with E-state index in [-0.39, 0.29) is 6.04 Å². The molecule has 3 rings (SSSR count). The molecule has 21 heavy (non-hydrogen) atoms. The number of hydrogen-bond acceptors (Lipinski definition) is 2. The lowest BCUT2D eigenvalue weighted by atomic mass is 10.1. The zero-order valence-corrected chi connectivity index (χ0v) is 14.2. The lowest BCUT2D eigenvalue weighted by Crippen LogP contribution is -2.18. The Balaban J connectivity index is 1.73. The molecule has 0 saturated heterocycles. The topological polar surface area (TPSA) is 21.3 Å². The van der Waals surface area contributed by atoms with Crippen LogP contribution in [0.2, 0.25) is 5.02 Å². The Hall–Kier alpha value is -1.03. The van der Waals surface area contributed by atoms with Crippen LogP contribution in [0.4, 0.5) is 0 Å². The smallest absolute Gasteiger partial charge is 0.127 e. The molecule has 110 valence electrons. The van der Waals surface area contributed by atoms with E-state index >= 15 is 0 Å². The number of fused-ring (bicyclic) bond motifs is 1. The molecule has 4 heteroatoms. The van der Waals surface area contributed by atoms with E-state index in [1.54, 1.807) is 0 Å². The average Bonchev–Trinajstić information content (AvgIpc) is 2.92. The van der Waals surface area contributed by atoms with E-state index in [1.807, 2.05) is 18.2 Å². The van der Waals surface area contributed by atoms with Crippen molar-refractivity contribution in [3.63, 3.8) is 0 Å². The van der Waals surface area contributed by atoms with Crippen LogP contribution in [0.3, 0.4) is 0 Å². The van der Waals surface area contributed by atoms with Crippen LogP contribution in [0.1, 0.15) is 29.7 Å². The molecule has 0 saturated carbocycles. The molecule has 2 aromatic rings. The molecule has 0 aliphatic carbocycles. The molecule has 0 unspecified atom stereocenters. The van der Waals surface area contributed by atoms with Crippen LogP contribution in [-0.4, -0.2) is 6.61 Å². The second kappa shape index (κ2) is 6.39. The summed E-state index contributed by atoms with van der Waals surface area (Å²) in [6.07, 6.45) is 0.992. The van der Waals surface area contributed by atoms with Crippen LogP contribution in [0, 0.1) is 0 Å². The van der Waals surface area contributed by atoms with E-state index in [4.69, 9.17) is 16.3 Å². The Morgan fingerprint density at radius 3 is 3.00 bits per heavy atom. The maximum absolute atomic E-state index is 6.05. The highest BCUT2D eigenvalue weighted by atomic mass is 79.9. The maximum atomic E-state index is 6.05. The van der Waals surface area contributed by atoms with Gasteiger partial charge in [0.05, 0.1) is 6.61 Å². The van der Waals surface area contributed by atoms with Gasteiger partial charge in [0.15, 0.2) is 0 Å². The second-order valence-corrected chi connectivity index (χ2v) is 6.66. The highest BCUT2D eigenvalue weighted by Crippen LogP contribution is 2.33. The van der Waals surface area contributed by atoms with Gasteiger partial charge in [-0.25, -0.2) is 0 Å². The van der Waals surface area contributed by atoms with Crippen molar-refractivity contribution in [2.24, 2.45) is 0 Å². The third-order valence-corrected chi connectivity index (χ3v) is 4.47.